The van der Waals surface area contributed by atoms with Crippen molar-refractivity contribution in [2.45, 2.75) is 18.9 Å². The largest absolute Gasteiger partial charge is 0.336 e. The lowest BCUT2D eigenvalue weighted by molar-refractivity contribution is -0.0131. The minimum Gasteiger partial charge on any atom is -0.336 e. The van der Waals surface area contributed by atoms with Gasteiger partial charge in [-0.15, -0.1) is 0 Å². The Hall–Kier alpha value is -0.810. The van der Waals surface area contributed by atoms with Gasteiger partial charge < -0.3 is 9.80 Å². The van der Waals surface area contributed by atoms with Crippen molar-refractivity contribution in [3.63, 3.8) is 0 Å². The monoisotopic (exact) mass is 367 g/mol. The summed E-state index contributed by atoms with van der Waals surface area (Å²) in [4.78, 5) is 19.8. The quantitative estimate of drug-likeness (QED) is 0.803. The van der Waals surface area contributed by atoms with Crippen LogP contribution in [0.1, 0.15) is 23.2 Å². The summed E-state index contributed by atoms with van der Waals surface area (Å²) in [6, 6.07) is 5.82. The molecule has 4 fully saturated rings. The minimum absolute atomic E-state index is 0.0575. The Balaban J connectivity index is 1.37. The first-order chi connectivity index (χ1) is 11.6. The van der Waals surface area contributed by atoms with E-state index in [4.69, 9.17) is 23.2 Å². The van der Waals surface area contributed by atoms with Gasteiger partial charge in [0.25, 0.3) is 5.91 Å². The van der Waals surface area contributed by atoms with Crippen LogP contribution in [0.5, 0.6) is 0 Å². The number of hydrogen-bond donors (Lipinski definition) is 0. The van der Waals surface area contributed by atoms with Crippen LogP contribution in [-0.2, 0) is 0 Å². The number of piperidine rings is 3. The number of benzene rings is 1. The summed E-state index contributed by atoms with van der Waals surface area (Å²) in [6.45, 7) is 7.30. The van der Waals surface area contributed by atoms with Crippen LogP contribution in [0.2, 0.25) is 10.0 Å². The van der Waals surface area contributed by atoms with Gasteiger partial charge in [-0.3, -0.25) is 9.69 Å². The van der Waals surface area contributed by atoms with Crippen LogP contribution in [0, 0.1) is 5.92 Å². The summed E-state index contributed by atoms with van der Waals surface area (Å²) in [7, 11) is 0. The second-order valence-corrected chi connectivity index (χ2v) is 7.98. The molecule has 5 rings (SSSR count). The lowest BCUT2D eigenvalue weighted by atomic mass is 9.83. The Morgan fingerprint density at radius 2 is 1.67 bits per heavy atom. The fraction of sp³-hybridized carbons (Fsp3) is 0.611. The van der Waals surface area contributed by atoms with Gasteiger partial charge in [0.15, 0.2) is 0 Å². The molecule has 1 atom stereocenters. The first-order valence-electron chi connectivity index (χ1n) is 8.82. The van der Waals surface area contributed by atoms with E-state index in [1.807, 2.05) is 4.90 Å². The van der Waals surface area contributed by atoms with Gasteiger partial charge >= 0.3 is 0 Å². The zero-order valence-corrected chi connectivity index (χ0v) is 15.3. The molecule has 6 heteroatoms. The molecule has 24 heavy (non-hydrogen) atoms. The predicted octanol–water partition coefficient (Wildman–Crippen LogP) is 2.85. The van der Waals surface area contributed by atoms with Gasteiger partial charge in [0, 0.05) is 44.3 Å². The number of hydrogen-bond acceptors (Lipinski definition) is 3. The first kappa shape index (κ1) is 16.6. The zero-order chi connectivity index (χ0) is 16.7. The average molecular weight is 368 g/mol. The number of fused-ring (bicyclic) bond motifs is 3. The Kier molecular flexibility index (Phi) is 4.74. The molecule has 0 aliphatic carbocycles. The molecule has 4 nitrogen and oxygen atoms in total. The zero-order valence-electron chi connectivity index (χ0n) is 13.8. The molecular formula is C18H23Cl2N3O. The number of piperazine rings is 1. The second-order valence-electron chi connectivity index (χ2n) is 7.16. The smallest absolute Gasteiger partial charge is 0.253 e. The van der Waals surface area contributed by atoms with Gasteiger partial charge in [-0.2, -0.15) is 0 Å². The van der Waals surface area contributed by atoms with Gasteiger partial charge in [-0.1, -0.05) is 23.2 Å². The predicted molar refractivity (Wildman–Crippen MR) is 96.9 cm³/mol. The van der Waals surface area contributed by atoms with Gasteiger partial charge in [0.1, 0.15) is 0 Å². The third-order valence-corrected chi connectivity index (χ3v) is 6.60. The van der Waals surface area contributed by atoms with Crippen LogP contribution in [0.3, 0.4) is 0 Å². The van der Waals surface area contributed by atoms with E-state index in [-0.39, 0.29) is 5.91 Å². The summed E-state index contributed by atoms with van der Waals surface area (Å²) in [5.41, 5.74) is 0.626. The maximum Gasteiger partial charge on any atom is 0.253 e. The number of amides is 1. The van der Waals surface area contributed by atoms with Crippen LogP contribution in [0.25, 0.3) is 0 Å². The van der Waals surface area contributed by atoms with E-state index < -0.39 is 0 Å². The van der Waals surface area contributed by atoms with Crippen molar-refractivity contribution in [1.82, 2.24) is 14.7 Å². The van der Waals surface area contributed by atoms with Crippen LogP contribution in [0.4, 0.5) is 0 Å². The molecule has 4 aliphatic heterocycles. The summed E-state index contributed by atoms with van der Waals surface area (Å²) in [5, 5.41) is 0.925. The molecule has 0 aromatic heterocycles. The van der Waals surface area contributed by atoms with E-state index >= 15 is 0 Å². The van der Waals surface area contributed by atoms with Gasteiger partial charge in [0.05, 0.1) is 10.0 Å². The second kappa shape index (κ2) is 6.83. The van der Waals surface area contributed by atoms with Crippen molar-refractivity contribution in [3.05, 3.63) is 33.8 Å². The molecule has 1 aromatic carbocycles. The highest BCUT2D eigenvalue weighted by Crippen LogP contribution is 2.31. The third-order valence-electron chi connectivity index (χ3n) is 5.86. The Labute approximate surface area is 153 Å². The number of carbonyl (C=O) groups excluding carboxylic acids is 1. The molecule has 4 heterocycles. The van der Waals surface area contributed by atoms with Crippen molar-refractivity contribution >= 4 is 29.1 Å². The topological polar surface area (TPSA) is 26.8 Å². The fourth-order valence-corrected chi connectivity index (χ4v) is 4.71. The Morgan fingerprint density at radius 3 is 2.25 bits per heavy atom. The van der Waals surface area contributed by atoms with E-state index in [9.17, 15) is 4.79 Å². The molecule has 4 saturated heterocycles. The minimum atomic E-state index is 0.0575. The summed E-state index contributed by atoms with van der Waals surface area (Å²) < 4.78 is 0. The summed E-state index contributed by atoms with van der Waals surface area (Å²) in [5.74, 6) is 0.912. The number of rotatable bonds is 2. The molecule has 0 N–H and O–H groups in total. The Morgan fingerprint density at radius 1 is 0.958 bits per heavy atom. The molecule has 4 aliphatic rings. The molecule has 2 bridgehead atoms. The fourth-order valence-electron chi connectivity index (χ4n) is 4.42. The number of halogens is 2. The lowest BCUT2D eigenvalue weighted by Crippen LogP contribution is -2.61. The van der Waals surface area contributed by atoms with Crippen LogP contribution in [0.15, 0.2) is 18.2 Å². The summed E-state index contributed by atoms with van der Waals surface area (Å²) in [6.07, 6.45) is 2.68. The van der Waals surface area contributed by atoms with E-state index in [1.165, 1.54) is 32.5 Å². The van der Waals surface area contributed by atoms with Gasteiger partial charge in [0.2, 0.25) is 0 Å². The number of carbonyl (C=O) groups is 1. The van der Waals surface area contributed by atoms with Gasteiger partial charge in [-0.25, -0.2) is 0 Å². The molecule has 1 aromatic rings. The van der Waals surface area contributed by atoms with Gasteiger partial charge in [-0.05, 0) is 50.0 Å². The molecule has 1 unspecified atom stereocenters. The Bertz CT molecular complexity index is 623. The molecule has 0 saturated carbocycles. The van der Waals surface area contributed by atoms with Crippen molar-refractivity contribution < 1.29 is 4.79 Å². The van der Waals surface area contributed by atoms with Crippen molar-refractivity contribution in [1.29, 1.82) is 0 Å². The maximum atomic E-state index is 12.7. The highest BCUT2D eigenvalue weighted by Gasteiger charge is 2.38. The molecule has 0 spiro atoms. The van der Waals surface area contributed by atoms with E-state index in [0.29, 0.717) is 21.7 Å². The van der Waals surface area contributed by atoms with Crippen molar-refractivity contribution in [2.24, 2.45) is 5.92 Å². The highest BCUT2D eigenvalue weighted by atomic mass is 35.5. The lowest BCUT2D eigenvalue weighted by Gasteiger charge is -2.51. The van der Waals surface area contributed by atoms with Crippen molar-refractivity contribution in [2.75, 3.05) is 45.8 Å². The standard InChI is InChI=1S/C18H23Cl2N3O/c19-15-2-1-14(11-16(15)20)18(24)23-9-7-22(8-10-23)17-12-21-5-3-13(17)4-6-21/h1-2,11,13,17H,3-10,12H2. The average Bonchev–Trinajstić information content (AvgIpc) is 2.64. The van der Waals surface area contributed by atoms with E-state index in [2.05, 4.69) is 9.80 Å². The van der Waals surface area contributed by atoms with Crippen LogP contribution >= 0.6 is 23.2 Å². The maximum absolute atomic E-state index is 12.7. The van der Waals surface area contributed by atoms with Crippen molar-refractivity contribution in [3.8, 4) is 0 Å². The molecular weight excluding hydrogens is 345 g/mol. The van der Waals surface area contributed by atoms with E-state index in [1.54, 1.807) is 18.2 Å². The normalized spacial score (nSPS) is 30.6. The first-order valence-corrected chi connectivity index (χ1v) is 9.58. The third kappa shape index (κ3) is 3.17. The molecule has 130 valence electrons. The summed E-state index contributed by atoms with van der Waals surface area (Å²) >= 11 is 12.0. The van der Waals surface area contributed by atoms with Crippen LogP contribution in [-0.4, -0.2) is 72.5 Å². The van der Waals surface area contributed by atoms with E-state index in [0.717, 1.165) is 32.1 Å². The molecule has 0 radical (unpaired) electrons. The molecule has 1 amide bonds. The number of nitrogens with zero attached hydrogens (tertiary/aromatic N) is 3. The SMILES string of the molecule is O=C(c1ccc(Cl)c(Cl)c1)N1CCN(C2CN3CCC2CC3)CC1. The van der Waals surface area contributed by atoms with Crippen LogP contribution < -0.4 is 0 Å². The highest BCUT2D eigenvalue weighted by molar-refractivity contribution is 6.42.